The molecule has 0 fully saturated rings. The number of aliphatic hydroxyl groups excluding tert-OH is 1. The first-order valence-corrected chi connectivity index (χ1v) is 7.10. The summed E-state index contributed by atoms with van der Waals surface area (Å²) in [6, 6.07) is 17.9. The minimum Gasteiger partial charge on any atom is -0.387 e. The van der Waals surface area contributed by atoms with Gasteiger partial charge in [0.1, 0.15) is 0 Å². The molecule has 4 nitrogen and oxygen atoms in total. The van der Waals surface area contributed by atoms with Crippen LogP contribution in [0.25, 0.3) is 10.9 Å². The van der Waals surface area contributed by atoms with Gasteiger partial charge < -0.3 is 10.4 Å². The molecule has 1 unspecified atom stereocenters. The van der Waals surface area contributed by atoms with Crippen LogP contribution in [-0.4, -0.2) is 21.4 Å². The summed E-state index contributed by atoms with van der Waals surface area (Å²) in [5, 5.41) is 19.1. The fraction of sp³-hybridized carbons (Fsp3) is 0.235. The van der Waals surface area contributed by atoms with Gasteiger partial charge in [0.15, 0.2) is 0 Å². The van der Waals surface area contributed by atoms with Crippen LogP contribution in [0.3, 0.4) is 0 Å². The number of nitrogens with one attached hydrogen (secondary N) is 1. The van der Waals surface area contributed by atoms with Crippen LogP contribution < -0.4 is 5.32 Å². The molecule has 0 aliphatic rings. The second-order valence-corrected chi connectivity index (χ2v) is 5.14. The van der Waals surface area contributed by atoms with Crippen LogP contribution in [0.15, 0.2) is 54.6 Å². The summed E-state index contributed by atoms with van der Waals surface area (Å²) in [4.78, 5) is 0. The Morgan fingerprint density at radius 2 is 1.81 bits per heavy atom. The number of fused-ring (bicyclic) bond motifs is 1. The van der Waals surface area contributed by atoms with Crippen LogP contribution in [-0.2, 0) is 13.6 Å². The van der Waals surface area contributed by atoms with Crippen molar-refractivity contribution in [3.8, 4) is 0 Å². The Morgan fingerprint density at radius 1 is 1.10 bits per heavy atom. The van der Waals surface area contributed by atoms with Crippen LogP contribution in [0.5, 0.6) is 0 Å². The molecule has 108 valence electrons. The molecule has 2 N–H and O–H groups in total. The highest BCUT2D eigenvalue weighted by Crippen LogP contribution is 2.17. The molecular formula is C17H19N3O. The fourth-order valence-corrected chi connectivity index (χ4v) is 2.54. The van der Waals surface area contributed by atoms with Crippen molar-refractivity contribution in [1.29, 1.82) is 0 Å². The van der Waals surface area contributed by atoms with E-state index in [-0.39, 0.29) is 0 Å². The Hall–Kier alpha value is -2.17. The summed E-state index contributed by atoms with van der Waals surface area (Å²) in [5.74, 6) is 0. The summed E-state index contributed by atoms with van der Waals surface area (Å²) in [5.41, 5.74) is 3.06. The van der Waals surface area contributed by atoms with Crippen LogP contribution in [0, 0.1) is 0 Å². The van der Waals surface area contributed by atoms with E-state index in [0.717, 1.165) is 22.2 Å². The van der Waals surface area contributed by atoms with Crippen molar-refractivity contribution in [1.82, 2.24) is 15.1 Å². The van der Waals surface area contributed by atoms with E-state index in [9.17, 15) is 5.11 Å². The lowest BCUT2D eigenvalue weighted by atomic mass is 10.1. The van der Waals surface area contributed by atoms with Crippen molar-refractivity contribution in [2.24, 2.45) is 7.05 Å². The average Bonchev–Trinajstić information content (AvgIpc) is 2.85. The summed E-state index contributed by atoms with van der Waals surface area (Å²) < 4.78 is 1.89. The van der Waals surface area contributed by atoms with Gasteiger partial charge in [0.05, 0.1) is 17.3 Å². The number of rotatable bonds is 5. The number of aromatic nitrogens is 2. The third-order valence-corrected chi connectivity index (χ3v) is 3.65. The molecule has 1 atom stereocenters. The third kappa shape index (κ3) is 2.96. The molecule has 0 saturated carbocycles. The number of hydrogen-bond donors (Lipinski definition) is 2. The number of benzene rings is 2. The normalized spacial score (nSPS) is 12.7. The van der Waals surface area contributed by atoms with Gasteiger partial charge in [-0.2, -0.15) is 5.10 Å². The first-order chi connectivity index (χ1) is 10.3. The third-order valence-electron chi connectivity index (χ3n) is 3.65. The highest BCUT2D eigenvalue weighted by atomic mass is 16.3. The largest absolute Gasteiger partial charge is 0.387 e. The molecule has 0 radical (unpaired) electrons. The van der Waals surface area contributed by atoms with E-state index in [1.165, 1.54) is 0 Å². The van der Waals surface area contributed by atoms with E-state index in [2.05, 4.69) is 22.5 Å². The Balaban J connectivity index is 1.65. The standard InChI is InChI=1S/C17H19N3O/c1-20-16-10-6-5-9-14(16)15(19-20)11-18-12-17(21)13-7-3-2-4-8-13/h2-10,17-18,21H,11-12H2,1H3. The van der Waals surface area contributed by atoms with Gasteiger partial charge in [0, 0.05) is 25.5 Å². The van der Waals surface area contributed by atoms with Gasteiger partial charge in [0.25, 0.3) is 0 Å². The van der Waals surface area contributed by atoms with E-state index >= 15 is 0 Å². The van der Waals surface area contributed by atoms with E-state index < -0.39 is 6.10 Å². The van der Waals surface area contributed by atoms with Crippen molar-refractivity contribution in [2.45, 2.75) is 12.6 Å². The van der Waals surface area contributed by atoms with E-state index in [0.29, 0.717) is 13.1 Å². The molecule has 0 bridgehead atoms. The maximum atomic E-state index is 10.1. The lowest BCUT2D eigenvalue weighted by Gasteiger charge is -2.11. The van der Waals surface area contributed by atoms with Crippen LogP contribution in [0.2, 0.25) is 0 Å². The van der Waals surface area contributed by atoms with Crippen molar-refractivity contribution in [3.63, 3.8) is 0 Å². The smallest absolute Gasteiger partial charge is 0.0914 e. The average molecular weight is 281 g/mol. The Kier molecular flexibility index (Phi) is 3.99. The molecule has 1 heterocycles. The molecule has 0 aliphatic carbocycles. The van der Waals surface area contributed by atoms with Crippen LogP contribution in [0.1, 0.15) is 17.4 Å². The summed E-state index contributed by atoms with van der Waals surface area (Å²) in [6.45, 7) is 1.15. The van der Waals surface area contributed by atoms with Crippen molar-refractivity contribution < 1.29 is 5.11 Å². The fourth-order valence-electron chi connectivity index (χ4n) is 2.54. The van der Waals surface area contributed by atoms with E-state index in [4.69, 9.17) is 0 Å². The Labute approximate surface area is 124 Å². The second-order valence-electron chi connectivity index (χ2n) is 5.14. The number of aryl methyl sites for hydroxylation is 1. The van der Waals surface area contributed by atoms with Gasteiger partial charge in [-0.1, -0.05) is 48.5 Å². The monoisotopic (exact) mass is 281 g/mol. The molecular weight excluding hydrogens is 262 g/mol. The summed E-state index contributed by atoms with van der Waals surface area (Å²) in [6.07, 6.45) is -0.499. The molecule has 0 aliphatic heterocycles. The molecule has 21 heavy (non-hydrogen) atoms. The van der Waals surface area contributed by atoms with E-state index in [1.807, 2.05) is 54.2 Å². The highest BCUT2D eigenvalue weighted by molar-refractivity contribution is 5.81. The molecule has 0 spiro atoms. The maximum Gasteiger partial charge on any atom is 0.0914 e. The minimum absolute atomic E-state index is 0.499. The number of aliphatic hydroxyl groups is 1. The van der Waals surface area contributed by atoms with Crippen LogP contribution >= 0.6 is 0 Å². The van der Waals surface area contributed by atoms with Crippen molar-refractivity contribution in [3.05, 3.63) is 65.9 Å². The molecule has 3 rings (SSSR count). The number of nitrogens with zero attached hydrogens (tertiary/aromatic N) is 2. The van der Waals surface area contributed by atoms with Gasteiger partial charge in [-0.25, -0.2) is 0 Å². The van der Waals surface area contributed by atoms with Gasteiger partial charge in [-0.15, -0.1) is 0 Å². The predicted molar refractivity (Wildman–Crippen MR) is 83.8 cm³/mol. The molecule has 0 amide bonds. The van der Waals surface area contributed by atoms with Gasteiger partial charge in [0.2, 0.25) is 0 Å². The first kappa shape index (κ1) is 13.8. The predicted octanol–water partition coefficient (Wildman–Crippen LogP) is 2.40. The van der Waals surface area contributed by atoms with Crippen molar-refractivity contribution in [2.75, 3.05) is 6.54 Å². The quantitative estimate of drug-likeness (QED) is 0.755. The highest BCUT2D eigenvalue weighted by Gasteiger charge is 2.09. The molecule has 1 aromatic heterocycles. The van der Waals surface area contributed by atoms with E-state index in [1.54, 1.807) is 0 Å². The zero-order chi connectivity index (χ0) is 14.7. The van der Waals surface area contributed by atoms with Crippen molar-refractivity contribution >= 4 is 10.9 Å². The topological polar surface area (TPSA) is 50.1 Å². The molecule has 4 heteroatoms. The number of para-hydroxylation sites is 1. The lowest BCUT2D eigenvalue weighted by Crippen LogP contribution is -2.21. The lowest BCUT2D eigenvalue weighted by molar-refractivity contribution is 0.174. The first-order valence-electron chi connectivity index (χ1n) is 7.10. The SMILES string of the molecule is Cn1nc(CNCC(O)c2ccccc2)c2ccccc21. The zero-order valence-electron chi connectivity index (χ0n) is 12.0. The Morgan fingerprint density at radius 3 is 2.62 bits per heavy atom. The second kappa shape index (κ2) is 6.08. The van der Waals surface area contributed by atoms with Gasteiger partial charge in [-0.05, 0) is 11.6 Å². The minimum atomic E-state index is -0.499. The summed E-state index contributed by atoms with van der Waals surface area (Å²) >= 11 is 0. The number of hydrogen-bond acceptors (Lipinski definition) is 3. The van der Waals surface area contributed by atoms with Gasteiger partial charge >= 0.3 is 0 Å². The molecule has 2 aromatic carbocycles. The molecule has 0 saturated heterocycles. The maximum absolute atomic E-state index is 10.1. The zero-order valence-corrected chi connectivity index (χ0v) is 12.0. The van der Waals surface area contributed by atoms with Crippen LogP contribution in [0.4, 0.5) is 0 Å². The van der Waals surface area contributed by atoms with Gasteiger partial charge in [-0.3, -0.25) is 4.68 Å². The Bertz CT molecular complexity index is 721. The molecule has 3 aromatic rings. The summed E-state index contributed by atoms with van der Waals surface area (Å²) in [7, 11) is 1.95.